The number of hydrogen-bond acceptors (Lipinski definition) is 4. The van der Waals surface area contributed by atoms with E-state index in [0.29, 0.717) is 25.1 Å². The molecule has 3 N–H and O–H groups in total. The minimum absolute atomic E-state index is 0.0194. The lowest BCUT2D eigenvalue weighted by molar-refractivity contribution is -0.116. The van der Waals surface area contributed by atoms with Crippen LogP contribution in [0, 0.1) is 0 Å². The lowest BCUT2D eigenvalue weighted by atomic mass is 10.0. The van der Waals surface area contributed by atoms with Gasteiger partial charge in [-0.25, -0.2) is 0 Å². The van der Waals surface area contributed by atoms with Crippen LogP contribution in [-0.2, 0) is 11.2 Å². The standard InChI is InChI=1S/C16H23BrN2O3/c1-16(2,3)18-8-11(20)9-22-14-7-10(17)6-13-12(14)4-5-15(21)19-13/h6-7,11,18,20H,4-5,8-9H2,1-3H3,(H,19,21). The van der Waals surface area contributed by atoms with Gasteiger partial charge in [0.15, 0.2) is 0 Å². The van der Waals surface area contributed by atoms with Gasteiger partial charge >= 0.3 is 0 Å². The van der Waals surface area contributed by atoms with Crippen LogP contribution in [0.4, 0.5) is 5.69 Å². The number of nitrogens with one attached hydrogen (secondary N) is 2. The van der Waals surface area contributed by atoms with Crippen LogP contribution in [0.15, 0.2) is 16.6 Å². The zero-order valence-corrected chi connectivity index (χ0v) is 14.8. The van der Waals surface area contributed by atoms with Crippen LogP contribution in [0.2, 0.25) is 0 Å². The molecule has 122 valence electrons. The number of fused-ring (bicyclic) bond motifs is 1. The molecule has 0 spiro atoms. The number of β-amino-alcohol motifs (C(OH)–C–C–N with tert-alkyl or cyclic N) is 1. The third kappa shape index (κ3) is 4.97. The summed E-state index contributed by atoms with van der Waals surface area (Å²) in [6.45, 7) is 6.83. The van der Waals surface area contributed by atoms with E-state index in [2.05, 4.69) is 26.6 Å². The first-order valence-corrected chi connectivity index (χ1v) is 8.22. The number of carbonyl (C=O) groups is 1. The molecule has 1 heterocycles. The van der Waals surface area contributed by atoms with Crippen molar-refractivity contribution in [3.63, 3.8) is 0 Å². The SMILES string of the molecule is CC(C)(C)NCC(O)COc1cc(Br)cc2c1CCC(=O)N2. The average molecular weight is 371 g/mol. The van der Waals surface area contributed by atoms with E-state index in [0.717, 1.165) is 15.7 Å². The fourth-order valence-electron chi connectivity index (χ4n) is 2.23. The number of carbonyl (C=O) groups excluding carboxylic acids is 1. The number of halogens is 1. The van der Waals surface area contributed by atoms with Gasteiger partial charge in [-0.3, -0.25) is 4.79 Å². The van der Waals surface area contributed by atoms with E-state index in [9.17, 15) is 9.90 Å². The number of hydrogen-bond donors (Lipinski definition) is 3. The molecule has 5 nitrogen and oxygen atoms in total. The molecule has 1 aromatic carbocycles. The van der Waals surface area contributed by atoms with Gasteiger partial charge in [-0.15, -0.1) is 0 Å². The van der Waals surface area contributed by atoms with Gasteiger partial charge in [0.05, 0.1) is 0 Å². The molecule has 0 bridgehead atoms. The number of anilines is 1. The summed E-state index contributed by atoms with van der Waals surface area (Å²) in [5.41, 5.74) is 1.72. The highest BCUT2D eigenvalue weighted by Crippen LogP contribution is 2.34. The van der Waals surface area contributed by atoms with Gasteiger partial charge in [0.1, 0.15) is 18.5 Å². The van der Waals surface area contributed by atoms with Gasteiger partial charge < -0.3 is 20.5 Å². The van der Waals surface area contributed by atoms with Crippen molar-refractivity contribution in [3.8, 4) is 5.75 Å². The van der Waals surface area contributed by atoms with Crippen LogP contribution >= 0.6 is 15.9 Å². The van der Waals surface area contributed by atoms with E-state index in [-0.39, 0.29) is 18.1 Å². The molecule has 0 radical (unpaired) electrons. The summed E-state index contributed by atoms with van der Waals surface area (Å²) in [4.78, 5) is 11.5. The molecule has 0 fully saturated rings. The quantitative estimate of drug-likeness (QED) is 0.744. The Morgan fingerprint density at radius 2 is 2.14 bits per heavy atom. The normalized spacial score (nSPS) is 16.0. The Kier molecular flexibility index (Phi) is 5.47. The van der Waals surface area contributed by atoms with Crippen LogP contribution in [0.25, 0.3) is 0 Å². The molecule has 22 heavy (non-hydrogen) atoms. The lowest BCUT2D eigenvalue weighted by Crippen LogP contribution is -2.42. The van der Waals surface area contributed by atoms with Crippen molar-refractivity contribution < 1.29 is 14.6 Å². The summed E-state index contributed by atoms with van der Waals surface area (Å²) in [5, 5.41) is 16.1. The van der Waals surface area contributed by atoms with Crippen LogP contribution in [0.1, 0.15) is 32.8 Å². The van der Waals surface area contributed by atoms with Crippen molar-refractivity contribution >= 4 is 27.5 Å². The van der Waals surface area contributed by atoms with E-state index in [1.165, 1.54) is 0 Å². The fraction of sp³-hybridized carbons (Fsp3) is 0.562. The predicted molar refractivity (Wildman–Crippen MR) is 90.4 cm³/mol. The van der Waals surface area contributed by atoms with Gasteiger partial charge in [-0.2, -0.15) is 0 Å². The van der Waals surface area contributed by atoms with E-state index >= 15 is 0 Å². The zero-order valence-electron chi connectivity index (χ0n) is 13.2. The van der Waals surface area contributed by atoms with Crippen molar-refractivity contribution in [3.05, 3.63) is 22.2 Å². The molecule has 1 unspecified atom stereocenters. The van der Waals surface area contributed by atoms with Crippen molar-refractivity contribution in [2.45, 2.75) is 45.3 Å². The molecule has 1 aromatic rings. The smallest absolute Gasteiger partial charge is 0.224 e. The first-order chi connectivity index (χ1) is 10.2. The third-order valence-electron chi connectivity index (χ3n) is 3.35. The van der Waals surface area contributed by atoms with E-state index in [1.54, 1.807) is 0 Å². The molecule has 6 heteroatoms. The highest BCUT2D eigenvalue weighted by atomic mass is 79.9. The van der Waals surface area contributed by atoms with Crippen molar-refractivity contribution in [1.82, 2.24) is 5.32 Å². The number of amides is 1. The summed E-state index contributed by atoms with van der Waals surface area (Å²) in [7, 11) is 0. The Morgan fingerprint density at radius 3 is 2.82 bits per heavy atom. The van der Waals surface area contributed by atoms with E-state index in [1.807, 2.05) is 32.9 Å². The first-order valence-electron chi connectivity index (χ1n) is 7.43. The Morgan fingerprint density at radius 1 is 1.41 bits per heavy atom. The molecular weight excluding hydrogens is 348 g/mol. The topological polar surface area (TPSA) is 70.6 Å². The van der Waals surface area contributed by atoms with Crippen LogP contribution < -0.4 is 15.4 Å². The summed E-state index contributed by atoms with van der Waals surface area (Å²) in [6.07, 6.45) is 0.520. The van der Waals surface area contributed by atoms with Gasteiger partial charge in [0.25, 0.3) is 0 Å². The molecule has 0 aromatic heterocycles. The number of ether oxygens (including phenoxy) is 1. The minimum Gasteiger partial charge on any atom is -0.490 e. The number of benzene rings is 1. The monoisotopic (exact) mass is 370 g/mol. The number of aliphatic hydroxyl groups is 1. The maximum atomic E-state index is 11.5. The average Bonchev–Trinajstić information content (AvgIpc) is 2.41. The second kappa shape index (κ2) is 6.98. The predicted octanol–water partition coefficient (Wildman–Crippen LogP) is 2.46. The Bertz CT molecular complexity index is 555. The summed E-state index contributed by atoms with van der Waals surface area (Å²) in [6, 6.07) is 3.75. The molecule has 0 aliphatic carbocycles. The van der Waals surface area contributed by atoms with Crippen LogP contribution in [-0.4, -0.2) is 35.8 Å². The van der Waals surface area contributed by atoms with Gasteiger partial charge in [-0.1, -0.05) is 15.9 Å². The Hall–Kier alpha value is -1.11. The van der Waals surface area contributed by atoms with Crippen LogP contribution in [0.5, 0.6) is 5.75 Å². The summed E-state index contributed by atoms with van der Waals surface area (Å²) >= 11 is 3.42. The Balaban J connectivity index is 2.00. The second-order valence-corrected chi connectivity index (χ2v) is 7.49. The molecule has 0 saturated carbocycles. The Labute approximate surface area is 139 Å². The molecule has 1 atom stereocenters. The molecule has 0 saturated heterocycles. The van der Waals surface area contributed by atoms with Crippen molar-refractivity contribution in [2.24, 2.45) is 0 Å². The maximum Gasteiger partial charge on any atom is 0.224 e. The van der Waals surface area contributed by atoms with Gasteiger partial charge in [-0.05, 0) is 39.3 Å². The maximum absolute atomic E-state index is 11.5. The summed E-state index contributed by atoms with van der Waals surface area (Å²) < 4.78 is 6.61. The first kappa shape index (κ1) is 17.2. The third-order valence-corrected chi connectivity index (χ3v) is 3.81. The van der Waals surface area contributed by atoms with E-state index in [4.69, 9.17) is 4.74 Å². The number of rotatable bonds is 5. The highest BCUT2D eigenvalue weighted by molar-refractivity contribution is 9.10. The van der Waals surface area contributed by atoms with Gasteiger partial charge in [0.2, 0.25) is 5.91 Å². The second-order valence-electron chi connectivity index (χ2n) is 6.57. The lowest BCUT2D eigenvalue weighted by Gasteiger charge is -2.24. The minimum atomic E-state index is -0.591. The van der Waals surface area contributed by atoms with E-state index < -0.39 is 6.10 Å². The van der Waals surface area contributed by atoms with Crippen molar-refractivity contribution in [2.75, 3.05) is 18.5 Å². The summed E-state index contributed by atoms with van der Waals surface area (Å²) in [5.74, 6) is 0.727. The molecule has 1 amide bonds. The van der Waals surface area contributed by atoms with Gasteiger partial charge in [0, 0.05) is 34.2 Å². The molecular formula is C16H23BrN2O3. The van der Waals surface area contributed by atoms with Crippen molar-refractivity contribution in [1.29, 1.82) is 0 Å². The highest BCUT2D eigenvalue weighted by Gasteiger charge is 2.20. The molecule has 1 aliphatic heterocycles. The largest absolute Gasteiger partial charge is 0.490 e. The molecule has 1 aliphatic rings. The zero-order chi connectivity index (χ0) is 16.3. The van der Waals surface area contributed by atoms with Crippen LogP contribution in [0.3, 0.4) is 0 Å². The fourth-order valence-corrected chi connectivity index (χ4v) is 2.67. The number of aliphatic hydroxyl groups excluding tert-OH is 1. The molecule has 2 rings (SSSR count).